The molecule has 2 atom stereocenters. The number of carboxylic acids is 1. The molecule has 0 rings (SSSR count). The van der Waals surface area contributed by atoms with Crippen LogP contribution in [0.3, 0.4) is 0 Å². The third-order valence-electron chi connectivity index (χ3n) is 14.7. The molecule has 0 amide bonds. The van der Waals surface area contributed by atoms with Crippen LogP contribution in [0.5, 0.6) is 0 Å². The van der Waals surface area contributed by atoms with Gasteiger partial charge in [-0.2, -0.15) is 0 Å². The fourth-order valence-electron chi connectivity index (χ4n) is 9.65. The highest BCUT2D eigenvalue weighted by molar-refractivity contribution is 5.71. The van der Waals surface area contributed by atoms with Crippen LogP contribution in [0.15, 0.2) is 24.3 Å². The van der Waals surface area contributed by atoms with Gasteiger partial charge in [0.25, 0.3) is 6.29 Å². The Morgan fingerprint density at radius 2 is 0.680 bits per heavy atom. The molecule has 0 saturated carbocycles. The van der Waals surface area contributed by atoms with E-state index in [1.807, 2.05) is 21.1 Å². The van der Waals surface area contributed by atoms with Gasteiger partial charge >= 0.3 is 17.9 Å². The third-order valence-corrected chi connectivity index (χ3v) is 14.7. The number of ether oxygens (including phenoxy) is 4. The maximum atomic E-state index is 12.9. The molecule has 0 aromatic heterocycles. The van der Waals surface area contributed by atoms with E-state index in [0.717, 1.165) is 38.5 Å². The van der Waals surface area contributed by atoms with Crippen LogP contribution in [-0.4, -0.2) is 87.4 Å². The van der Waals surface area contributed by atoms with Gasteiger partial charge in [0.15, 0.2) is 6.10 Å². The van der Waals surface area contributed by atoms with Crippen LogP contribution in [0, 0.1) is 0 Å². The number of carbonyl (C=O) groups excluding carboxylic acids is 2. The molecule has 0 saturated heterocycles. The first-order valence-corrected chi connectivity index (χ1v) is 32.5. The summed E-state index contributed by atoms with van der Waals surface area (Å²) in [5.74, 6) is -1.98. The van der Waals surface area contributed by atoms with Crippen LogP contribution in [-0.2, 0) is 33.3 Å². The summed E-state index contributed by atoms with van der Waals surface area (Å²) in [6.07, 6.45) is 67.1. The minimum Gasteiger partial charge on any atom is -0.477 e. The van der Waals surface area contributed by atoms with Crippen molar-refractivity contribution >= 4 is 17.9 Å². The molecule has 1 N–H and O–H groups in total. The maximum absolute atomic E-state index is 12.9. The average molecular weight is 1060 g/mol. The Balaban J connectivity index is 4.09. The van der Waals surface area contributed by atoms with Crippen molar-refractivity contribution in [2.75, 3.05) is 47.5 Å². The normalized spacial score (nSPS) is 12.8. The first kappa shape index (κ1) is 72.8. The largest absolute Gasteiger partial charge is 0.477 e. The highest BCUT2D eigenvalue weighted by Crippen LogP contribution is 2.18. The van der Waals surface area contributed by atoms with Gasteiger partial charge in [0.2, 0.25) is 0 Å². The van der Waals surface area contributed by atoms with Crippen LogP contribution >= 0.6 is 0 Å². The van der Waals surface area contributed by atoms with E-state index in [0.29, 0.717) is 17.4 Å². The molecule has 442 valence electrons. The van der Waals surface area contributed by atoms with E-state index in [4.69, 9.17) is 18.9 Å². The Morgan fingerprint density at radius 1 is 0.387 bits per heavy atom. The molecule has 0 aliphatic heterocycles. The monoisotopic (exact) mass is 1060 g/mol. The van der Waals surface area contributed by atoms with Crippen LogP contribution in [0.4, 0.5) is 0 Å². The molecule has 0 heterocycles. The summed E-state index contributed by atoms with van der Waals surface area (Å²) in [6, 6.07) is 0. The van der Waals surface area contributed by atoms with Crippen LogP contribution in [0.25, 0.3) is 0 Å². The number of nitrogens with zero attached hydrogens (tertiary/aromatic N) is 1. The fraction of sp³-hybridized carbons (Fsp3) is 0.894. The Morgan fingerprint density at radius 3 is 0.987 bits per heavy atom. The SMILES string of the molecule is CCCCCCCC/C=C\CCCCCCCCCCCC(=O)OCC(COC(OCC[N+](C)(C)C)C(=O)O)OC(=O)CCCCCCCCCCCCCCCCCCCCC/C=C\CCCCCCCCCC. The number of esters is 2. The number of carbonyl (C=O) groups is 3. The van der Waals surface area contributed by atoms with E-state index >= 15 is 0 Å². The third kappa shape index (κ3) is 59.3. The van der Waals surface area contributed by atoms with Gasteiger partial charge in [-0.3, -0.25) is 9.59 Å². The van der Waals surface area contributed by atoms with Crippen molar-refractivity contribution in [3.05, 3.63) is 24.3 Å². The minimum absolute atomic E-state index is 0.178. The summed E-state index contributed by atoms with van der Waals surface area (Å²) in [4.78, 5) is 37.5. The van der Waals surface area contributed by atoms with E-state index < -0.39 is 18.4 Å². The number of rotatable bonds is 61. The van der Waals surface area contributed by atoms with Crippen molar-refractivity contribution in [3.63, 3.8) is 0 Å². The summed E-state index contributed by atoms with van der Waals surface area (Å²) >= 11 is 0. The molecule has 0 bridgehead atoms. The lowest BCUT2D eigenvalue weighted by molar-refractivity contribution is -0.870. The van der Waals surface area contributed by atoms with Crippen molar-refractivity contribution in [2.24, 2.45) is 0 Å². The van der Waals surface area contributed by atoms with Crippen LogP contribution in [0.1, 0.15) is 322 Å². The van der Waals surface area contributed by atoms with E-state index in [1.165, 1.54) is 257 Å². The Bertz CT molecular complexity index is 1280. The van der Waals surface area contributed by atoms with Gasteiger partial charge in [-0.1, -0.05) is 269 Å². The number of carboxylic acid groups (broad SMARTS) is 1. The molecule has 0 aromatic rings. The Hall–Kier alpha value is -2.23. The van der Waals surface area contributed by atoms with Gasteiger partial charge in [-0.15, -0.1) is 0 Å². The van der Waals surface area contributed by atoms with Gasteiger partial charge in [0, 0.05) is 12.8 Å². The quantitative estimate of drug-likeness (QED) is 0.0211. The molecule has 0 aliphatic rings. The smallest absolute Gasteiger partial charge is 0.361 e. The topological polar surface area (TPSA) is 108 Å². The van der Waals surface area contributed by atoms with Gasteiger partial charge in [-0.25, -0.2) is 4.79 Å². The second kappa shape index (κ2) is 57.9. The molecule has 0 aliphatic carbocycles. The van der Waals surface area contributed by atoms with Gasteiger partial charge in [-0.05, 0) is 64.2 Å². The summed E-state index contributed by atoms with van der Waals surface area (Å²) in [5, 5.41) is 9.72. The zero-order chi connectivity index (χ0) is 54.8. The molecular formula is C66H126NO8+. The van der Waals surface area contributed by atoms with Crippen molar-refractivity contribution in [3.8, 4) is 0 Å². The predicted octanol–water partition coefficient (Wildman–Crippen LogP) is 19.5. The second-order valence-electron chi connectivity index (χ2n) is 23.4. The Kier molecular flexibility index (Phi) is 56.2. The number of aliphatic carboxylic acids is 1. The molecule has 0 radical (unpaired) electrons. The summed E-state index contributed by atoms with van der Waals surface area (Å²) in [6.45, 7) is 4.93. The number of unbranched alkanes of at least 4 members (excludes halogenated alkanes) is 42. The highest BCUT2D eigenvalue weighted by Gasteiger charge is 2.25. The molecular weight excluding hydrogens is 935 g/mol. The van der Waals surface area contributed by atoms with Crippen molar-refractivity contribution in [1.29, 1.82) is 0 Å². The van der Waals surface area contributed by atoms with Crippen LogP contribution in [0.2, 0.25) is 0 Å². The summed E-state index contributed by atoms with van der Waals surface area (Å²) < 4.78 is 22.9. The molecule has 0 aromatic carbocycles. The van der Waals surface area contributed by atoms with Crippen molar-refractivity contribution < 1.29 is 42.9 Å². The predicted molar refractivity (Wildman–Crippen MR) is 318 cm³/mol. The first-order chi connectivity index (χ1) is 36.6. The minimum atomic E-state index is -1.51. The molecule has 0 spiro atoms. The maximum Gasteiger partial charge on any atom is 0.361 e. The van der Waals surface area contributed by atoms with Gasteiger partial charge in [0.1, 0.15) is 13.2 Å². The van der Waals surface area contributed by atoms with Gasteiger partial charge in [0.05, 0.1) is 34.4 Å². The average Bonchev–Trinajstić information content (AvgIpc) is 3.38. The van der Waals surface area contributed by atoms with Crippen molar-refractivity contribution in [1.82, 2.24) is 0 Å². The number of allylic oxidation sites excluding steroid dienone is 4. The van der Waals surface area contributed by atoms with E-state index in [2.05, 4.69) is 38.2 Å². The van der Waals surface area contributed by atoms with Gasteiger partial charge < -0.3 is 28.5 Å². The second-order valence-corrected chi connectivity index (χ2v) is 23.4. The first-order valence-electron chi connectivity index (χ1n) is 32.5. The van der Waals surface area contributed by atoms with Crippen molar-refractivity contribution in [2.45, 2.75) is 334 Å². The zero-order valence-electron chi connectivity index (χ0n) is 50.5. The van der Waals surface area contributed by atoms with E-state index in [-0.39, 0.29) is 38.2 Å². The lowest BCUT2D eigenvalue weighted by atomic mass is 10.0. The molecule has 2 unspecified atom stereocenters. The lowest BCUT2D eigenvalue weighted by Crippen LogP contribution is -2.40. The number of quaternary nitrogens is 1. The molecule has 0 fully saturated rings. The number of hydrogen-bond acceptors (Lipinski definition) is 7. The summed E-state index contributed by atoms with van der Waals surface area (Å²) in [7, 11) is 5.98. The number of hydrogen-bond donors (Lipinski definition) is 1. The molecule has 9 nitrogen and oxygen atoms in total. The molecule has 75 heavy (non-hydrogen) atoms. The highest BCUT2D eigenvalue weighted by atomic mass is 16.7. The van der Waals surface area contributed by atoms with E-state index in [1.54, 1.807) is 0 Å². The fourth-order valence-corrected chi connectivity index (χ4v) is 9.65. The summed E-state index contributed by atoms with van der Waals surface area (Å²) in [5.41, 5.74) is 0. The standard InChI is InChI=1S/C66H125NO8/c1-6-8-10-12-14-16-18-20-22-24-26-27-28-29-30-31-32-33-34-35-36-37-39-41-43-45-47-49-51-53-55-57-64(69)75-62(61-74-66(65(70)71)72-59-58-67(3,4)5)60-73-63(68)56-54-52-50-48-46-44-42-40-38-25-23-21-19-17-15-13-11-9-7-2/h21,23-24,26,62,66H,6-20,22,25,27-61H2,1-5H3/p+1/b23-21-,26-24-. The van der Waals surface area contributed by atoms with E-state index in [9.17, 15) is 19.5 Å². The van der Waals surface area contributed by atoms with Crippen LogP contribution < -0.4 is 0 Å². The zero-order valence-corrected chi connectivity index (χ0v) is 50.5. The molecule has 9 heteroatoms. The lowest BCUT2D eigenvalue weighted by Gasteiger charge is -2.25. The Labute approximate surface area is 465 Å². The number of likely N-dealkylation sites (N-methyl/N-ethyl adjacent to an activating group) is 1.